The molecule has 3 heterocycles. The molecule has 1 atom stereocenters. The highest BCUT2D eigenvalue weighted by atomic mass is 32.2. The zero-order chi connectivity index (χ0) is 24.5. The van der Waals surface area contributed by atoms with Gasteiger partial charge in [0.05, 0.1) is 5.92 Å². The molecule has 2 aromatic rings. The van der Waals surface area contributed by atoms with Gasteiger partial charge in [0.15, 0.2) is 0 Å². The van der Waals surface area contributed by atoms with Crippen LogP contribution in [0.15, 0.2) is 35.4 Å². The molecule has 0 bridgehead atoms. The predicted molar refractivity (Wildman–Crippen MR) is 131 cm³/mol. The van der Waals surface area contributed by atoms with E-state index in [0.717, 1.165) is 29.7 Å². The molecule has 1 aromatic heterocycles. The first-order valence-electron chi connectivity index (χ1n) is 12.0. The fourth-order valence-electron chi connectivity index (χ4n) is 4.66. The van der Waals surface area contributed by atoms with E-state index in [1.807, 2.05) is 32.0 Å². The minimum atomic E-state index is -3.82. The van der Waals surface area contributed by atoms with Gasteiger partial charge in [0, 0.05) is 38.1 Å². The molecule has 9 heteroatoms. The summed E-state index contributed by atoms with van der Waals surface area (Å²) in [4.78, 5) is 30.5. The van der Waals surface area contributed by atoms with E-state index < -0.39 is 15.9 Å². The number of hydrogen-bond acceptors (Lipinski definition) is 4. The van der Waals surface area contributed by atoms with Crippen LogP contribution in [-0.2, 0) is 14.8 Å². The average Bonchev–Trinajstić information content (AvgIpc) is 3.33. The van der Waals surface area contributed by atoms with Gasteiger partial charge in [-0.2, -0.15) is 4.31 Å². The van der Waals surface area contributed by atoms with Gasteiger partial charge in [-0.3, -0.25) is 9.59 Å². The number of piperidine rings is 2. The number of sulfonamides is 1. The standard InChI is InChI=1S/C25H34N4O4S/c1-17-8-11-28(12-9-17)25(31)23-14-21(15-26-23)34(32,33)29-10-4-5-20(16-29)24(30)27-22-13-18(2)6-7-19(22)3/h6-7,13-15,17,20,26H,4-5,8-12,16H2,1-3H3,(H,27,30)/t20-/m0/s1. The number of aromatic nitrogens is 1. The van der Waals surface area contributed by atoms with Crippen LogP contribution in [0.25, 0.3) is 0 Å². The van der Waals surface area contributed by atoms with Crippen LogP contribution in [0.3, 0.4) is 0 Å². The molecular formula is C25H34N4O4S. The zero-order valence-electron chi connectivity index (χ0n) is 20.1. The van der Waals surface area contributed by atoms with Crippen LogP contribution in [0.1, 0.15) is 54.2 Å². The Morgan fingerprint density at radius 3 is 2.53 bits per heavy atom. The van der Waals surface area contributed by atoms with Gasteiger partial charge in [-0.25, -0.2) is 8.42 Å². The molecule has 0 spiro atoms. The van der Waals surface area contributed by atoms with Crippen LogP contribution in [0.2, 0.25) is 0 Å². The number of rotatable bonds is 5. The normalized spacial score (nSPS) is 20.3. The summed E-state index contributed by atoms with van der Waals surface area (Å²) in [6.45, 7) is 7.92. The molecule has 2 saturated heterocycles. The quantitative estimate of drug-likeness (QED) is 0.675. The molecule has 0 radical (unpaired) electrons. The smallest absolute Gasteiger partial charge is 0.270 e. The molecule has 2 amide bonds. The Morgan fingerprint density at radius 2 is 1.79 bits per heavy atom. The largest absolute Gasteiger partial charge is 0.356 e. The Labute approximate surface area is 201 Å². The third-order valence-electron chi connectivity index (χ3n) is 7.00. The summed E-state index contributed by atoms with van der Waals surface area (Å²) in [5, 5.41) is 2.97. The molecule has 0 aliphatic carbocycles. The number of H-pyrrole nitrogens is 1. The lowest BCUT2D eigenvalue weighted by atomic mass is 9.98. The summed E-state index contributed by atoms with van der Waals surface area (Å²) in [5.41, 5.74) is 3.05. The number of likely N-dealkylation sites (tertiary alicyclic amines) is 1. The number of anilines is 1. The Morgan fingerprint density at radius 1 is 1.06 bits per heavy atom. The van der Waals surface area contributed by atoms with Crippen molar-refractivity contribution in [2.24, 2.45) is 11.8 Å². The van der Waals surface area contributed by atoms with Crippen LogP contribution < -0.4 is 5.32 Å². The van der Waals surface area contributed by atoms with Gasteiger partial charge in [-0.15, -0.1) is 0 Å². The molecule has 0 saturated carbocycles. The number of nitrogens with one attached hydrogen (secondary N) is 2. The van der Waals surface area contributed by atoms with E-state index in [-0.39, 0.29) is 28.9 Å². The number of carbonyl (C=O) groups is 2. The second kappa shape index (κ2) is 9.92. The van der Waals surface area contributed by atoms with Crippen LogP contribution in [0.4, 0.5) is 5.69 Å². The summed E-state index contributed by atoms with van der Waals surface area (Å²) >= 11 is 0. The Hall–Kier alpha value is -2.65. The van der Waals surface area contributed by atoms with Crippen molar-refractivity contribution in [3.05, 3.63) is 47.3 Å². The monoisotopic (exact) mass is 486 g/mol. The van der Waals surface area contributed by atoms with E-state index in [4.69, 9.17) is 0 Å². The molecule has 184 valence electrons. The van der Waals surface area contributed by atoms with Crippen LogP contribution in [-0.4, -0.2) is 60.6 Å². The Kier molecular flexibility index (Phi) is 7.14. The third kappa shape index (κ3) is 5.20. The van der Waals surface area contributed by atoms with Gasteiger partial charge < -0.3 is 15.2 Å². The molecule has 2 aliphatic heterocycles. The molecule has 1 aromatic carbocycles. The highest BCUT2D eigenvalue weighted by Crippen LogP contribution is 2.27. The van der Waals surface area contributed by atoms with Crippen molar-refractivity contribution in [3.63, 3.8) is 0 Å². The summed E-state index contributed by atoms with van der Waals surface area (Å²) in [5.74, 6) is -0.169. The van der Waals surface area contributed by atoms with Gasteiger partial charge in [0.1, 0.15) is 10.6 Å². The summed E-state index contributed by atoms with van der Waals surface area (Å²) in [7, 11) is -3.82. The van der Waals surface area contributed by atoms with Gasteiger partial charge in [-0.1, -0.05) is 19.1 Å². The van der Waals surface area contributed by atoms with E-state index in [9.17, 15) is 18.0 Å². The molecule has 4 rings (SSSR count). The van der Waals surface area contributed by atoms with Gasteiger partial charge in [0.2, 0.25) is 15.9 Å². The predicted octanol–water partition coefficient (Wildman–Crippen LogP) is 3.54. The first kappa shape index (κ1) is 24.5. The Bertz CT molecular complexity index is 1170. The first-order chi connectivity index (χ1) is 16.1. The van der Waals surface area contributed by atoms with E-state index in [2.05, 4.69) is 17.2 Å². The lowest BCUT2D eigenvalue weighted by Crippen LogP contribution is -2.43. The molecule has 2 N–H and O–H groups in total. The second-order valence-corrected chi connectivity index (χ2v) is 11.7. The molecular weight excluding hydrogens is 452 g/mol. The van der Waals surface area contributed by atoms with Crippen LogP contribution >= 0.6 is 0 Å². The fraction of sp³-hybridized carbons (Fsp3) is 0.520. The van der Waals surface area contributed by atoms with Crippen molar-refractivity contribution >= 4 is 27.5 Å². The number of carbonyl (C=O) groups excluding carboxylic acids is 2. The number of aromatic amines is 1. The van der Waals surface area contributed by atoms with E-state index in [0.29, 0.717) is 38.4 Å². The number of nitrogens with zero attached hydrogens (tertiary/aromatic N) is 2. The maximum Gasteiger partial charge on any atom is 0.270 e. The van der Waals surface area contributed by atoms with Crippen LogP contribution in [0, 0.1) is 25.7 Å². The average molecular weight is 487 g/mol. The lowest BCUT2D eigenvalue weighted by Gasteiger charge is -2.31. The van der Waals surface area contributed by atoms with E-state index in [1.165, 1.54) is 16.6 Å². The molecule has 34 heavy (non-hydrogen) atoms. The van der Waals surface area contributed by atoms with Crippen molar-refractivity contribution < 1.29 is 18.0 Å². The molecule has 8 nitrogen and oxygen atoms in total. The minimum absolute atomic E-state index is 0.0665. The van der Waals surface area contributed by atoms with Gasteiger partial charge in [-0.05, 0) is 68.7 Å². The molecule has 2 fully saturated rings. The summed E-state index contributed by atoms with van der Waals surface area (Å²) < 4.78 is 28.0. The van der Waals surface area contributed by atoms with Gasteiger partial charge in [0.25, 0.3) is 5.91 Å². The highest BCUT2D eigenvalue weighted by molar-refractivity contribution is 7.89. The Balaban J connectivity index is 1.44. The zero-order valence-corrected chi connectivity index (χ0v) is 21.0. The van der Waals surface area contributed by atoms with Crippen molar-refractivity contribution in [2.75, 3.05) is 31.5 Å². The fourth-order valence-corrected chi connectivity index (χ4v) is 6.18. The van der Waals surface area contributed by atoms with Gasteiger partial charge >= 0.3 is 0 Å². The molecule has 2 aliphatic rings. The van der Waals surface area contributed by atoms with Crippen molar-refractivity contribution in [1.29, 1.82) is 0 Å². The SMILES string of the molecule is Cc1ccc(C)c(NC(=O)[C@H]2CCCN(S(=O)(=O)c3c[nH]c(C(=O)N4CCC(C)CC4)c3)C2)c1. The number of amides is 2. The van der Waals surface area contributed by atoms with Crippen molar-refractivity contribution in [1.82, 2.24) is 14.2 Å². The van der Waals surface area contributed by atoms with Crippen molar-refractivity contribution in [2.45, 2.75) is 51.3 Å². The topological polar surface area (TPSA) is 103 Å². The summed E-state index contributed by atoms with van der Waals surface area (Å²) in [6.07, 6.45) is 4.53. The highest BCUT2D eigenvalue weighted by Gasteiger charge is 2.34. The second-order valence-electron chi connectivity index (χ2n) is 9.73. The molecule has 0 unspecified atom stereocenters. The lowest BCUT2D eigenvalue weighted by molar-refractivity contribution is -0.120. The minimum Gasteiger partial charge on any atom is -0.356 e. The van der Waals surface area contributed by atoms with E-state index in [1.54, 1.807) is 4.90 Å². The van der Waals surface area contributed by atoms with Crippen LogP contribution in [0.5, 0.6) is 0 Å². The van der Waals surface area contributed by atoms with E-state index >= 15 is 0 Å². The summed E-state index contributed by atoms with van der Waals surface area (Å²) in [6, 6.07) is 7.29. The number of hydrogen-bond donors (Lipinski definition) is 2. The maximum absolute atomic E-state index is 13.3. The number of aryl methyl sites for hydroxylation is 2. The third-order valence-corrected chi connectivity index (χ3v) is 8.84. The van der Waals surface area contributed by atoms with Crippen molar-refractivity contribution in [3.8, 4) is 0 Å². The number of benzene rings is 1. The first-order valence-corrected chi connectivity index (χ1v) is 13.4. The maximum atomic E-state index is 13.3.